The summed E-state index contributed by atoms with van der Waals surface area (Å²) in [6.45, 7) is 6.27. The first kappa shape index (κ1) is 25.3. The first-order valence-corrected chi connectivity index (χ1v) is 13.2. The van der Waals surface area contributed by atoms with E-state index in [4.69, 9.17) is 9.47 Å². The lowest BCUT2D eigenvalue weighted by atomic mass is 9.41. The summed E-state index contributed by atoms with van der Waals surface area (Å²) in [5, 5.41) is 61.5. The second-order valence-electron chi connectivity index (χ2n) is 13.1. The minimum absolute atomic E-state index is 0.0999. The van der Waals surface area contributed by atoms with Gasteiger partial charge in [0.15, 0.2) is 6.29 Å². The van der Waals surface area contributed by atoms with E-state index in [-0.39, 0.29) is 34.9 Å². The summed E-state index contributed by atoms with van der Waals surface area (Å²) in [5.74, 6) is 1.09. The van der Waals surface area contributed by atoms with Gasteiger partial charge in [-0.1, -0.05) is 20.8 Å². The van der Waals surface area contributed by atoms with Gasteiger partial charge in [0.2, 0.25) is 0 Å². The highest BCUT2D eigenvalue weighted by Crippen LogP contribution is 2.73. The highest BCUT2D eigenvalue weighted by molar-refractivity contribution is 5.17. The predicted molar refractivity (Wildman–Crippen MR) is 122 cm³/mol. The summed E-state index contributed by atoms with van der Waals surface area (Å²) in [6.07, 6.45) is 1.12. The van der Waals surface area contributed by atoms with Gasteiger partial charge in [-0.25, -0.2) is 0 Å². The molecule has 34 heavy (non-hydrogen) atoms. The van der Waals surface area contributed by atoms with Crippen LogP contribution in [0.1, 0.15) is 72.1 Å². The minimum Gasteiger partial charge on any atom is -0.394 e. The van der Waals surface area contributed by atoms with Crippen molar-refractivity contribution in [2.45, 2.75) is 115 Å². The third-order valence-electron chi connectivity index (χ3n) is 11.2. The zero-order valence-electron chi connectivity index (χ0n) is 20.8. The lowest BCUT2D eigenvalue weighted by Crippen LogP contribution is -2.63. The molecule has 196 valence electrons. The fraction of sp³-hybridized carbons (Fsp3) is 1.00. The topological polar surface area (TPSA) is 140 Å². The molecule has 1 saturated heterocycles. The van der Waals surface area contributed by atoms with Crippen molar-refractivity contribution < 1.29 is 40.1 Å². The molecule has 5 aliphatic rings. The molecule has 2 bridgehead atoms. The quantitative estimate of drug-likeness (QED) is 0.324. The van der Waals surface area contributed by atoms with E-state index in [1.54, 1.807) is 0 Å². The van der Waals surface area contributed by atoms with Gasteiger partial charge in [-0.3, -0.25) is 0 Å². The first-order chi connectivity index (χ1) is 15.9. The Morgan fingerprint density at radius 1 is 0.882 bits per heavy atom. The van der Waals surface area contributed by atoms with Crippen LogP contribution in [0.25, 0.3) is 0 Å². The Balaban J connectivity index is 1.36. The maximum Gasteiger partial charge on any atom is 0.186 e. The Morgan fingerprint density at radius 3 is 2.29 bits per heavy atom. The standard InChI is InChI=1S/C26H44O8/c1-23(2)16-6-9-25-10-14(26(32,12-25)13-28)4-5-17(25)24(16,3)8-7-18(23)34-22-21(31)20(30)19(29)15(11-27)33-22/h14-22,27-32H,4-13H2,1-3H3. The van der Waals surface area contributed by atoms with Crippen LogP contribution in [-0.4, -0.2) is 86.3 Å². The molecule has 0 radical (unpaired) electrons. The van der Waals surface area contributed by atoms with Crippen LogP contribution < -0.4 is 0 Å². The van der Waals surface area contributed by atoms with E-state index in [0.29, 0.717) is 18.3 Å². The molecule has 1 heterocycles. The van der Waals surface area contributed by atoms with Crippen molar-refractivity contribution in [3.63, 3.8) is 0 Å². The number of hydrogen-bond donors (Lipinski definition) is 6. The molecule has 1 spiro atoms. The average Bonchev–Trinajstić information content (AvgIpc) is 3.00. The van der Waals surface area contributed by atoms with Gasteiger partial charge in [0.1, 0.15) is 24.4 Å². The van der Waals surface area contributed by atoms with E-state index in [2.05, 4.69) is 20.8 Å². The van der Waals surface area contributed by atoms with Crippen molar-refractivity contribution in [3.8, 4) is 0 Å². The molecule has 0 aromatic heterocycles. The van der Waals surface area contributed by atoms with Gasteiger partial charge >= 0.3 is 0 Å². The molecule has 0 aromatic carbocycles. The molecule has 4 saturated carbocycles. The molecule has 5 rings (SSSR count). The molecule has 0 amide bonds. The maximum atomic E-state index is 11.2. The van der Waals surface area contributed by atoms with Crippen LogP contribution in [0.5, 0.6) is 0 Å². The van der Waals surface area contributed by atoms with E-state index >= 15 is 0 Å². The van der Waals surface area contributed by atoms with E-state index < -0.39 is 42.9 Å². The van der Waals surface area contributed by atoms with Gasteiger partial charge in [-0.15, -0.1) is 0 Å². The molecule has 0 aromatic rings. The molecular weight excluding hydrogens is 440 g/mol. The number of hydrogen-bond acceptors (Lipinski definition) is 8. The van der Waals surface area contributed by atoms with E-state index in [9.17, 15) is 30.6 Å². The summed E-state index contributed by atoms with van der Waals surface area (Å²) in [5.41, 5.74) is -0.942. The number of ether oxygens (including phenoxy) is 2. The molecule has 8 nitrogen and oxygen atoms in total. The van der Waals surface area contributed by atoms with Crippen molar-refractivity contribution in [1.82, 2.24) is 0 Å². The van der Waals surface area contributed by atoms with Gasteiger partial charge in [-0.05, 0) is 85.4 Å². The third-order valence-corrected chi connectivity index (χ3v) is 11.2. The van der Waals surface area contributed by atoms with Crippen LogP contribution in [0, 0.1) is 34.0 Å². The smallest absolute Gasteiger partial charge is 0.186 e. The fourth-order valence-electron chi connectivity index (χ4n) is 9.59. The van der Waals surface area contributed by atoms with Crippen LogP contribution in [0.4, 0.5) is 0 Å². The van der Waals surface area contributed by atoms with Crippen LogP contribution in [0.3, 0.4) is 0 Å². The Bertz CT molecular complexity index is 774. The average molecular weight is 485 g/mol. The lowest BCUT2D eigenvalue weighted by molar-refractivity contribution is -0.329. The summed E-state index contributed by atoms with van der Waals surface area (Å²) in [4.78, 5) is 0. The molecule has 12 unspecified atom stereocenters. The second-order valence-corrected chi connectivity index (χ2v) is 13.1. The molecule has 1 aliphatic heterocycles. The zero-order valence-corrected chi connectivity index (χ0v) is 20.8. The Labute approximate surface area is 202 Å². The number of fused-ring (bicyclic) bond motifs is 3. The summed E-state index contributed by atoms with van der Waals surface area (Å²) in [6, 6.07) is 0. The zero-order chi connectivity index (χ0) is 24.7. The van der Waals surface area contributed by atoms with Crippen molar-refractivity contribution >= 4 is 0 Å². The fourth-order valence-corrected chi connectivity index (χ4v) is 9.59. The van der Waals surface area contributed by atoms with E-state index in [1.807, 2.05) is 0 Å². The van der Waals surface area contributed by atoms with Crippen LogP contribution in [-0.2, 0) is 9.47 Å². The van der Waals surface area contributed by atoms with Gasteiger partial charge in [0.25, 0.3) is 0 Å². The van der Waals surface area contributed by atoms with Crippen LogP contribution in [0.15, 0.2) is 0 Å². The summed E-state index contributed by atoms with van der Waals surface area (Å²) < 4.78 is 12.0. The Hall–Kier alpha value is -0.320. The maximum absolute atomic E-state index is 11.2. The van der Waals surface area contributed by atoms with Gasteiger partial charge in [-0.2, -0.15) is 0 Å². The van der Waals surface area contributed by atoms with Crippen molar-refractivity contribution in [2.24, 2.45) is 34.0 Å². The monoisotopic (exact) mass is 484 g/mol. The highest BCUT2D eigenvalue weighted by Gasteiger charge is 2.68. The molecule has 12 atom stereocenters. The largest absolute Gasteiger partial charge is 0.394 e. The van der Waals surface area contributed by atoms with Crippen molar-refractivity contribution in [3.05, 3.63) is 0 Å². The Morgan fingerprint density at radius 2 is 1.62 bits per heavy atom. The summed E-state index contributed by atoms with van der Waals surface area (Å²) in [7, 11) is 0. The Kier molecular flexibility index (Phi) is 6.22. The van der Waals surface area contributed by atoms with E-state index in [0.717, 1.165) is 44.9 Å². The van der Waals surface area contributed by atoms with Gasteiger partial charge in [0, 0.05) is 0 Å². The van der Waals surface area contributed by atoms with Gasteiger partial charge < -0.3 is 40.1 Å². The second kappa shape index (κ2) is 8.35. The normalized spacial score (nSPS) is 56.6. The van der Waals surface area contributed by atoms with Crippen LogP contribution >= 0.6 is 0 Å². The number of rotatable bonds is 4. The number of aliphatic hydroxyl groups excluding tert-OH is 5. The molecule has 4 aliphatic carbocycles. The van der Waals surface area contributed by atoms with Gasteiger partial charge in [0.05, 0.1) is 24.9 Å². The molecular formula is C26H44O8. The lowest BCUT2D eigenvalue weighted by Gasteiger charge is -2.65. The third kappa shape index (κ3) is 3.47. The SMILES string of the molecule is CC1(C)C(OC2OC(CO)C(O)C(O)C2O)CCC2(C)C3CCC4CC3(CCC12)CC4(O)CO. The molecule has 6 N–H and O–H groups in total. The minimum atomic E-state index is -1.44. The van der Waals surface area contributed by atoms with Crippen LogP contribution in [0.2, 0.25) is 0 Å². The first-order valence-electron chi connectivity index (χ1n) is 13.2. The highest BCUT2D eigenvalue weighted by atomic mass is 16.7. The van der Waals surface area contributed by atoms with E-state index in [1.165, 1.54) is 0 Å². The number of aliphatic hydroxyl groups is 6. The van der Waals surface area contributed by atoms with Crippen molar-refractivity contribution in [1.29, 1.82) is 0 Å². The van der Waals surface area contributed by atoms with Crippen molar-refractivity contribution in [2.75, 3.05) is 13.2 Å². The predicted octanol–water partition coefficient (Wildman–Crippen LogP) is 0.938. The molecule has 8 heteroatoms. The summed E-state index contributed by atoms with van der Waals surface area (Å²) >= 11 is 0. The molecule has 5 fully saturated rings.